The number of furan rings is 2. The average molecular weight is 347 g/mol. The molecule has 23 heavy (non-hydrogen) atoms. The third kappa shape index (κ3) is 2.60. The molecule has 0 fully saturated rings. The van der Waals surface area contributed by atoms with Gasteiger partial charge in [-0.2, -0.15) is 5.10 Å². The molecule has 1 aliphatic rings. The molecule has 0 bridgehead atoms. The Balaban J connectivity index is 1.72. The lowest BCUT2D eigenvalue weighted by molar-refractivity contribution is 0.0698. The normalized spacial score (nSPS) is 17.5. The van der Waals surface area contributed by atoms with Crippen LogP contribution in [-0.4, -0.2) is 16.6 Å². The van der Waals surface area contributed by atoms with Gasteiger partial charge in [-0.3, -0.25) is 4.79 Å². The van der Waals surface area contributed by atoms with Crippen molar-refractivity contribution in [3.05, 3.63) is 69.7 Å². The molecule has 3 aromatic heterocycles. The van der Waals surface area contributed by atoms with Crippen LogP contribution in [0.25, 0.3) is 0 Å². The van der Waals surface area contributed by atoms with Crippen LogP contribution in [0.1, 0.15) is 33.7 Å². The molecule has 0 N–H and O–H groups in total. The number of carbonyl (C=O) groups excluding carboxylic acids is 1. The van der Waals surface area contributed by atoms with Crippen molar-refractivity contribution in [2.24, 2.45) is 5.10 Å². The van der Waals surface area contributed by atoms with Crippen molar-refractivity contribution in [2.45, 2.75) is 12.5 Å². The Morgan fingerprint density at radius 1 is 1.30 bits per heavy atom. The van der Waals surface area contributed by atoms with E-state index in [2.05, 4.69) is 5.10 Å². The van der Waals surface area contributed by atoms with Gasteiger partial charge in [-0.25, -0.2) is 5.01 Å². The summed E-state index contributed by atoms with van der Waals surface area (Å²) in [6, 6.07) is 10.3. The second-order valence-electron chi connectivity index (χ2n) is 5.01. The molecule has 0 saturated heterocycles. The van der Waals surface area contributed by atoms with E-state index < -0.39 is 0 Å². The zero-order valence-electron chi connectivity index (χ0n) is 11.8. The standard InChI is InChI=1S/C16H11ClN2O3S/c17-15-6-5-13(22-15)11-9-10(12-3-1-7-21-12)18-19(11)16(20)14-4-2-8-23-14/h1-8,11H,9H2. The van der Waals surface area contributed by atoms with Crippen LogP contribution in [0, 0.1) is 0 Å². The second kappa shape index (κ2) is 5.72. The van der Waals surface area contributed by atoms with Gasteiger partial charge in [-0.1, -0.05) is 6.07 Å². The van der Waals surface area contributed by atoms with Gasteiger partial charge in [0.15, 0.2) is 5.22 Å². The average Bonchev–Trinajstić information content (AvgIpc) is 3.31. The van der Waals surface area contributed by atoms with E-state index in [0.717, 1.165) is 0 Å². The number of halogens is 1. The maximum atomic E-state index is 12.7. The molecule has 0 saturated carbocycles. The lowest BCUT2D eigenvalue weighted by Gasteiger charge is -2.18. The highest BCUT2D eigenvalue weighted by Crippen LogP contribution is 2.36. The van der Waals surface area contributed by atoms with Gasteiger partial charge >= 0.3 is 0 Å². The fourth-order valence-corrected chi connectivity index (χ4v) is 3.34. The van der Waals surface area contributed by atoms with Crippen molar-refractivity contribution in [3.63, 3.8) is 0 Å². The lowest BCUT2D eigenvalue weighted by Crippen LogP contribution is -2.26. The van der Waals surface area contributed by atoms with Crippen LogP contribution >= 0.6 is 22.9 Å². The molecule has 5 nitrogen and oxygen atoms in total. The van der Waals surface area contributed by atoms with E-state index in [4.69, 9.17) is 20.4 Å². The van der Waals surface area contributed by atoms with E-state index >= 15 is 0 Å². The summed E-state index contributed by atoms with van der Waals surface area (Å²) in [6.07, 6.45) is 2.09. The van der Waals surface area contributed by atoms with Crippen LogP contribution in [0.2, 0.25) is 5.22 Å². The topological polar surface area (TPSA) is 59.0 Å². The van der Waals surface area contributed by atoms with Crippen LogP contribution < -0.4 is 0 Å². The highest BCUT2D eigenvalue weighted by molar-refractivity contribution is 7.12. The van der Waals surface area contributed by atoms with Crippen molar-refractivity contribution in [2.75, 3.05) is 0 Å². The Bertz CT molecular complexity index is 852. The monoisotopic (exact) mass is 346 g/mol. The molecule has 3 aromatic rings. The van der Waals surface area contributed by atoms with Crippen molar-refractivity contribution in [1.82, 2.24) is 5.01 Å². The molecule has 4 heterocycles. The molecule has 1 aliphatic heterocycles. The minimum atomic E-state index is -0.336. The van der Waals surface area contributed by atoms with E-state index in [9.17, 15) is 4.79 Å². The van der Waals surface area contributed by atoms with E-state index in [0.29, 0.717) is 28.5 Å². The number of rotatable bonds is 3. The fourth-order valence-electron chi connectivity index (χ4n) is 2.53. The SMILES string of the molecule is O=C(c1cccs1)N1N=C(c2ccco2)CC1c1ccc(Cl)o1. The van der Waals surface area contributed by atoms with Gasteiger partial charge in [0.25, 0.3) is 5.91 Å². The number of thiophene rings is 1. The molecule has 116 valence electrons. The van der Waals surface area contributed by atoms with Gasteiger partial charge < -0.3 is 8.83 Å². The maximum Gasteiger partial charge on any atom is 0.284 e. The summed E-state index contributed by atoms with van der Waals surface area (Å²) in [4.78, 5) is 13.4. The van der Waals surface area contributed by atoms with Crippen molar-refractivity contribution >= 4 is 34.6 Å². The van der Waals surface area contributed by atoms with Crippen LogP contribution in [-0.2, 0) is 0 Å². The summed E-state index contributed by atoms with van der Waals surface area (Å²) in [5, 5.41) is 8.05. The van der Waals surface area contributed by atoms with Gasteiger partial charge in [0.1, 0.15) is 23.3 Å². The Hall–Kier alpha value is -2.31. The summed E-state index contributed by atoms with van der Waals surface area (Å²) < 4.78 is 10.9. The van der Waals surface area contributed by atoms with Crippen molar-refractivity contribution in [3.8, 4) is 0 Å². The number of hydrogen-bond donors (Lipinski definition) is 0. The largest absolute Gasteiger partial charge is 0.463 e. The highest BCUT2D eigenvalue weighted by Gasteiger charge is 2.36. The Kier molecular flexibility index (Phi) is 3.55. The summed E-state index contributed by atoms with van der Waals surface area (Å²) in [7, 11) is 0. The zero-order valence-corrected chi connectivity index (χ0v) is 13.4. The number of hydrogen-bond acceptors (Lipinski definition) is 5. The minimum absolute atomic E-state index is 0.168. The van der Waals surface area contributed by atoms with Gasteiger partial charge in [0, 0.05) is 6.42 Å². The van der Waals surface area contributed by atoms with E-state index in [1.807, 2.05) is 17.5 Å². The van der Waals surface area contributed by atoms with Gasteiger partial charge in [0.2, 0.25) is 0 Å². The first-order valence-corrected chi connectivity index (χ1v) is 8.22. The summed E-state index contributed by atoms with van der Waals surface area (Å²) in [6.45, 7) is 0. The van der Waals surface area contributed by atoms with Gasteiger partial charge in [-0.05, 0) is 47.3 Å². The maximum absolute atomic E-state index is 12.7. The van der Waals surface area contributed by atoms with Crippen molar-refractivity contribution < 1.29 is 13.6 Å². The molecule has 7 heteroatoms. The predicted molar refractivity (Wildman–Crippen MR) is 86.8 cm³/mol. The molecule has 0 radical (unpaired) electrons. The second-order valence-corrected chi connectivity index (χ2v) is 6.33. The van der Waals surface area contributed by atoms with E-state index in [1.54, 1.807) is 30.5 Å². The predicted octanol–water partition coefficient (Wildman–Crippen LogP) is 4.58. The fraction of sp³-hybridized carbons (Fsp3) is 0.125. The van der Waals surface area contributed by atoms with Crippen molar-refractivity contribution in [1.29, 1.82) is 0 Å². The summed E-state index contributed by atoms with van der Waals surface area (Å²) >= 11 is 7.26. The lowest BCUT2D eigenvalue weighted by atomic mass is 10.1. The van der Waals surface area contributed by atoms with E-state index in [1.165, 1.54) is 16.3 Å². The Morgan fingerprint density at radius 2 is 2.22 bits per heavy atom. The van der Waals surface area contributed by atoms with Crippen LogP contribution in [0.15, 0.2) is 62.0 Å². The molecule has 1 unspecified atom stereocenters. The Labute approximate surface area is 140 Å². The molecular weight excluding hydrogens is 336 g/mol. The quantitative estimate of drug-likeness (QED) is 0.697. The highest BCUT2D eigenvalue weighted by atomic mass is 35.5. The number of carbonyl (C=O) groups is 1. The molecule has 0 aromatic carbocycles. The smallest absolute Gasteiger partial charge is 0.284 e. The number of hydrazone groups is 1. The molecular formula is C16H11ClN2O3S. The van der Waals surface area contributed by atoms with Crippen LogP contribution in [0.5, 0.6) is 0 Å². The first-order valence-electron chi connectivity index (χ1n) is 6.96. The van der Waals surface area contributed by atoms with E-state index in [-0.39, 0.29) is 17.2 Å². The van der Waals surface area contributed by atoms with Gasteiger partial charge in [-0.15, -0.1) is 11.3 Å². The third-order valence-corrected chi connectivity index (χ3v) is 4.64. The molecule has 4 rings (SSSR count). The third-order valence-electron chi connectivity index (χ3n) is 3.58. The summed E-state index contributed by atoms with van der Waals surface area (Å²) in [5.41, 5.74) is 0.706. The molecule has 0 aliphatic carbocycles. The summed E-state index contributed by atoms with van der Waals surface area (Å²) in [5.74, 6) is 1.08. The zero-order chi connectivity index (χ0) is 15.8. The van der Waals surface area contributed by atoms with Gasteiger partial charge in [0.05, 0.1) is 11.1 Å². The van der Waals surface area contributed by atoms with Crippen LogP contribution in [0.4, 0.5) is 0 Å². The number of nitrogens with zero attached hydrogens (tertiary/aromatic N) is 2. The first-order chi connectivity index (χ1) is 11.2. The van der Waals surface area contributed by atoms with Crippen LogP contribution in [0.3, 0.4) is 0 Å². The molecule has 0 spiro atoms. The number of amides is 1. The molecule has 1 atom stereocenters. The first kappa shape index (κ1) is 14.3. The molecule has 1 amide bonds. The Morgan fingerprint density at radius 3 is 2.87 bits per heavy atom. The minimum Gasteiger partial charge on any atom is -0.463 e.